The molecule has 0 aliphatic rings. The van der Waals surface area contributed by atoms with Gasteiger partial charge in [-0.3, -0.25) is 13.9 Å². The van der Waals surface area contributed by atoms with Gasteiger partial charge in [-0.25, -0.2) is 8.42 Å². The first kappa shape index (κ1) is 31.3. The van der Waals surface area contributed by atoms with E-state index in [0.29, 0.717) is 0 Å². The summed E-state index contributed by atoms with van der Waals surface area (Å²) in [7, 11) is -2.70. The number of nitrogens with zero attached hydrogens (tertiary/aromatic N) is 2. The Bertz CT molecular complexity index is 1650. The van der Waals surface area contributed by atoms with Gasteiger partial charge in [0.2, 0.25) is 11.8 Å². The Balaban J connectivity index is 1.80. The van der Waals surface area contributed by atoms with Gasteiger partial charge in [-0.05, 0) is 54.4 Å². The molecule has 1 unspecified atom stereocenters. The summed E-state index contributed by atoms with van der Waals surface area (Å²) < 4.78 is 29.9. The van der Waals surface area contributed by atoms with Crippen LogP contribution in [0.25, 0.3) is 0 Å². The molecule has 0 bridgehead atoms. The highest BCUT2D eigenvalue weighted by molar-refractivity contribution is 9.10. The largest absolute Gasteiger partial charge is 0.357 e. The topological polar surface area (TPSA) is 86.8 Å². The van der Waals surface area contributed by atoms with Crippen molar-refractivity contribution in [1.29, 1.82) is 0 Å². The van der Waals surface area contributed by atoms with Crippen molar-refractivity contribution in [3.05, 3.63) is 129 Å². The Kier molecular flexibility index (Phi) is 10.4. The Morgan fingerprint density at radius 1 is 0.881 bits per heavy atom. The van der Waals surface area contributed by atoms with Crippen LogP contribution in [0.3, 0.4) is 0 Å². The van der Waals surface area contributed by atoms with Crippen LogP contribution < -0.4 is 9.62 Å². The molecule has 4 aromatic carbocycles. The Hall–Kier alpha value is -3.66. The van der Waals surface area contributed by atoms with Crippen LogP contribution in [0.2, 0.25) is 5.02 Å². The number of sulfonamides is 1. The van der Waals surface area contributed by atoms with Crippen molar-refractivity contribution >= 4 is 55.1 Å². The summed E-state index contributed by atoms with van der Waals surface area (Å²) in [5, 5.41) is 2.85. The minimum atomic E-state index is -4.22. The van der Waals surface area contributed by atoms with Crippen LogP contribution in [0, 0.1) is 6.92 Å². The summed E-state index contributed by atoms with van der Waals surface area (Å²) >= 11 is 9.96. The minimum Gasteiger partial charge on any atom is -0.357 e. The van der Waals surface area contributed by atoms with Crippen LogP contribution in [0.15, 0.2) is 112 Å². The second-order valence-corrected chi connectivity index (χ2v) is 12.9. The Morgan fingerprint density at radius 3 is 2.17 bits per heavy atom. The van der Waals surface area contributed by atoms with Crippen LogP contribution in [-0.2, 0) is 32.6 Å². The molecule has 0 heterocycles. The van der Waals surface area contributed by atoms with Gasteiger partial charge in [-0.15, -0.1) is 0 Å². The summed E-state index contributed by atoms with van der Waals surface area (Å²) in [6, 6.07) is 28.7. The quantitative estimate of drug-likeness (QED) is 0.213. The van der Waals surface area contributed by atoms with E-state index >= 15 is 0 Å². The lowest BCUT2D eigenvalue weighted by Gasteiger charge is -2.33. The second-order valence-electron chi connectivity index (χ2n) is 9.75. The molecule has 0 aliphatic heterocycles. The molecule has 0 saturated heterocycles. The number of para-hydroxylation sites is 1. The van der Waals surface area contributed by atoms with E-state index < -0.39 is 28.5 Å². The molecule has 0 aromatic heterocycles. The van der Waals surface area contributed by atoms with E-state index in [1.54, 1.807) is 36.4 Å². The molecular formula is C32H31BrClN3O4S. The summed E-state index contributed by atoms with van der Waals surface area (Å²) in [4.78, 5) is 29.1. The summed E-state index contributed by atoms with van der Waals surface area (Å²) in [6.07, 6.45) is 0.233. The highest BCUT2D eigenvalue weighted by Gasteiger charge is 2.35. The van der Waals surface area contributed by atoms with Gasteiger partial charge < -0.3 is 10.2 Å². The van der Waals surface area contributed by atoms with Crippen LogP contribution in [0.1, 0.15) is 16.7 Å². The predicted octanol–water partition coefficient (Wildman–Crippen LogP) is 5.99. The Labute approximate surface area is 260 Å². The number of carbonyl (C=O) groups excluding carboxylic acids is 2. The third kappa shape index (κ3) is 7.59. The minimum absolute atomic E-state index is 0.0199. The number of hydrogen-bond acceptors (Lipinski definition) is 4. The molecule has 0 saturated carbocycles. The predicted molar refractivity (Wildman–Crippen MR) is 170 cm³/mol. The molecule has 1 N–H and O–H groups in total. The molecule has 0 spiro atoms. The van der Waals surface area contributed by atoms with Crippen LogP contribution in [0.4, 0.5) is 5.69 Å². The van der Waals surface area contributed by atoms with E-state index in [4.69, 9.17) is 11.6 Å². The molecule has 10 heteroatoms. The fourth-order valence-corrected chi connectivity index (χ4v) is 6.72. The number of benzene rings is 4. The average Bonchev–Trinajstić information content (AvgIpc) is 2.98. The van der Waals surface area contributed by atoms with Crippen molar-refractivity contribution in [1.82, 2.24) is 10.2 Å². The van der Waals surface area contributed by atoms with Gasteiger partial charge in [-0.1, -0.05) is 99.8 Å². The van der Waals surface area contributed by atoms with E-state index in [1.165, 1.54) is 24.1 Å². The lowest BCUT2D eigenvalue weighted by molar-refractivity contribution is -0.139. The van der Waals surface area contributed by atoms with Crippen molar-refractivity contribution in [2.45, 2.75) is 30.8 Å². The SMILES string of the molecule is CNC(=O)C(Cc1ccccc1)N(Cc1cccc(Br)c1)C(=O)CN(c1ccccc1Cl)S(=O)(=O)c1ccc(C)cc1. The fraction of sp³-hybridized carbons (Fsp3) is 0.188. The van der Waals surface area contributed by atoms with Crippen molar-refractivity contribution in [3.8, 4) is 0 Å². The van der Waals surface area contributed by atoms with Gasteiger partial charge in [0.05, 0.1) is 15.6 Å². The number of likely N-dealkylation sites (N-methyl/N-ethyl adjacent to an activating group) is 1. The zero-order chi connectivity index (χ0) is 30.3. The smallest absolute Gasteiger partial charge is 0.264 e. The number of hydrogen-bond donors (Lipinski definition) is 1. The monoisotopic (exact) mass is 667 g/mol. The molecule has 42 heavy (non-hydrogen) atoms. The molecule has 0 aliphatic carbocycles. The summed E-state index contributed by atoms with van der Waals surface area (Å²) in [6.45, 7) is 1.36. The zero-order valence-corrected chi connectivity index (χ0v) is 26.4. The third-order valence-electron chi connectivity index (χ3n) is 6.77. The van der Waals surface area contributed by atoms with Crippen LogP contribution >= 0.6 is 27.5 Å². The third-order valence-corrected chi connectivity index (χ3v) is 9.36. The Morgan fingerprint density at radius 2 is 1.52 bits per heavy atom. The second kappa shape index (κ2) is 14.0. The average molecular weight is 669 g/mol. The molecular weight excluding hydrogens is 638 g/mol. The maximum absolute atomic E-state index is 14.3. The number of amides is 2. The first-order valence-electron chi connectivity index (χ1n) is 13.2. The zero-order valence-electron chi connectivity index (χ0n) is 23.2. The number of anilines is 1. The van der Waals surface area contributed by atoms with Crippen molar-refractivity contribution in [3.63, 3.8) is 0 Å². The number of halogens is 2. The molecule has 0 radical (unpaired) electrons. The summed E-state index contributed by atoms with van der Waals surface area (Å²) in [5.74, 6) is -0.928. The highest BCUT2D eigenvalue weighted by Crippen LogP contribution is 2.31. The molecule has 7 nitrogen and oxygen atoms in total. The molecule has 1 atom stereocenters. The van der Waals surface area contributed by atoms with Gasteiger partial charge in [0, 0.05) is 24.5 Å². The number of rotatable bonds is 11. The van der Waals surface area contributed by atoms with Gasteiger partial charge in [-0.2, -0.15) is 0 Å². The molecule has 0 fully saturated rings. The van der Waals surface area contributed by atoms with Gasteiger partial charge in [0.15, 0.2) is 0 Å². The van der Waals surface area contributed by atoms with Gasteiger partial charge >= 0.3 is 0 Å². The van der Waals surface area contributed by atoms with Crippen molar-refractivity contribution in [2.75, 3.05) is 17.9 Å². The summed E-state index contributed by atoms with van der Waals surface area (Å²) in [5.41, 5.74) is 2.68. The molecule has 218 valence electrons. The van der Waals surface area contributed by atoms with Crippen molar-refractivity contribution in [2.24, 2.45) is 0 Å². The standard InChI is InChI=1S/C32H31BrClN3O4S/c1-23-15-17-27(18-16-23)42(40,41)37(29-14-7-6-13-28(29)34)22-31(38)36(21-25-11-8-12-26(33)19-25)30(32(39)35-2)20-24-9-4-3-5-10-24/h3-19,30H,20-22H2,1-2H3,(H,35,39). The first-order valence-corrected chi connectivity index (χ1v) is 15.8. The number of nitrogens with one attached hydrogen (secondary N) is 1. The lowest BCUT2D eigenvalue weighted by atomic mass is 10.0. The van der Waals surface area contributed by atoms with E-state index in [1.807, 2.05) is 61.5 Å². The first-order chi connectivity index (χ1) is 20.1. The molecule has 4 aromatic rings. The number of aryl methyl sites for hydroxylation is 1. The van der Waals surface area contributed by atoms with Gasteiger partial charge in [0.25, 0.3) is 10.0 Å². The van der Waals surface area contributed by atoms with E-state index in [0.717, 1.165) is 25.5 Å². The maximum atomic E-state index is 14.3. The van der Waals surface area contributed by atoms with Crippen molar-refractivity contribution < 1.29 is 18.0 Å². The highest BCUT2D eigenvalue weighted by atomic mass is 79.9. The fourth-order valence-electron chi connectivity index (χ4n) is 4.56. The van der Waals surface area contributed by atoms with E-state index in [2.05, 4.69) is 21.2 Å². The number of carbonyl (C=O) groups is 2. The molecule has 2 amide bonds. The van der Waals surface area contributed by atoms with E-state index in [9.17, 15) is 18.0 Å². The maximum Gasteiger partial charge on any atom is 0.264 e. The van der Waals surface area contributed by atoms with Crippen LogP contribution in [-0.4, -0.2) is 44.8 Å². The normalized spacial score (nSPS) is 11.9. The van der Waals surface area contributed by atoms with Crippen LogP contribution in [0.5, 0.6) is 0 Å². The van der Waals surface area contributed by atoms with Gasteiger partial charge in [0.1, 0.15) is 12.6 Å². The lowest BCUT2D eigenvalue weighted by Crippen LogP contribution is -2.53. The molecule has 4 rings (SSSR count). The van der Waals surface area contributed by atoms with E-state index in [-0.39, 0.29) is 34.5 Å².